The van der Waals surface area contributed by atoms with Crippen LogP contribution in [0.5, 0.6) is 11.5 Å². The highest BCUT2D eigenvalue weighted by molar-refractivity contribution is 7.91. The van der Waals surface area contributed by atoms with Gasteiger partial charge in [0.05, 0.1) is 4.90 Å². The monoisotopic (exact) mass is 373 g/mol. The van der Waals surface area contributed by atoms with E-state index in [-0.39, 0.29) is 11.0 Å². The van der Waals surface area contributed by atoms with Crippen LogP contribution in [0.4, 0.5) is 0 Å². The van der Waals surface area contributed by atoms with Crippen molar-refractivity contribution >= 4 is 9.84 Å². The van der Waals surface area contributed by atoms with Gasteiger partial charge in [-0.1, -0.05) is 35.9 Å². The van der Waals surface area contributed by atoms with E-state index in [9.17, 15) is 8.42 Å². The predicted molar refractivity (Wildman–Crippen MR) is 102 cm³/mol. The number of rotatable bonds is 6. The standard InChI is InChI=1S/C20H23NO4S/c1-4-20(15-7-5-14(2)6-8-15)26(22,23)17-9-10-18-19(11-17)25-16(12-21-3)13-24-18/h4-11,16,20-21H,1,12-13H2,2-3H3. The number of benzene rings is 2. The minimum atomic E-state index is -3.65. The van der Waals surface area contributed by atoms with Crippen LogP contribution >= 0.6 is 0 Å². The molecule has 0 fully saturated rings. The summed E-state index contributed by atoms with van der Waals surface area (Å²) in [5, 5.41) is 2.21. The molecule has 5 nitrogen and oxygen atoms in total. The Morgan fingerprint density at radius 1 is 1.23 bits per heavy atom. The summed E-state index contributed by atoms with van der Waals surface area (Å²) < 4.78 is 37.8. The molecule has 0 saturated carbocycles. The Labute approximate surface area is 154 Å². The van der Waals surface area contributed by atoms with Gasteiger partial charge in [0.1, 0.15) is 18.0 Å². The molecule has 26 heavy (non-hydrogen) atoms. The Hall–Kier alpha value is -2.31. The second-order valence-electron chi connectivity index (χ2n) is 6.33. The molecule has 0 spiro atoms. The van der Waals surface area contributed by atoms with Crippen LogP contribution in [0.15, 0.2) is 60.0 Å². The molecule has 0 aliphatic carbocycles. The topological polar surface area (TPSA) is 64.6 Å². The average Bonchev–Trinajstić information content (AvgIpc) is 2.63. The average molecular weight is 373 g/mol. The smallest absolute Gasteiger partial charge is 0.189 e. The Kier molecular flexibility index (Phi) is 5.34. The second-order valence-corrected chi connectivity index (χ2v) is 8.40. The third-order valence-corrected chi connectivity index (χ3v) is 6.39. The molecule has 0 radical (unpaired) electrons. The van der Waals surface area contributed by atoms with Crippen LogP contribution in [0.3, 0.4) is 0 Å². The number of sulfone groups is 1. The summed E-state index contributed by atoms with van der Waals surface area (Å²) in [6.45, 7) is 6.74. The van der Waals surface area contributed by atoms with Crippen LogP contribution < -0.4 is 14.8 Å². The van der Waals surface area contributed by atoms with E-state index < -0.39 is 15.1 Å². The Balaban J connectivity index is 1.95. The zero-order chi connectivity index (χ0) is 18.7. The minimum Gasteiger partial charge on any atom is -0.486 e. The SMILES string of the molecule is C=CC(c1ccc(C)cc1)S(=O)(=O)c1ccc2c(c1)OC(CNC)CO2. The number of hydrogen-bond donors (Lipinski definition) is 1. The van der Waals surface area contributed by atoms with Crippen molar-refractivity contribution in [1.82, 2.24) is 5.32 Å². The maximum atomic E-state index is 13.2. The van der Waals surface area contributed by atoms with Crippen molar-refractivity contribution in [2.24, 2.45) is 0 Å². The lowest BCUT2D eigenvalue weighted by Gasteiger charge is -2.27. The summed E-state index contributed by atoms with van der Waals surface area (Å²) in [4.78, 5) is 0.190. The van der Waals surface area contributed by atoms with Gasteiger partial charge in [-0.05, 0) is 31.7 Å². The first kappa shape index (κ1) is 18.5. The maximum absolute atomic E-state index is 13.2. The number of hydrogen-bond acceptors (Lipinski definition) is 5. The molecule has 3 rings (SSSR count). The normalized spacial score (nSPS) is 17.5. The molecule has 2 atom stereocenters. The molecule has 2 unspecified atom stereocenters. The summed E-state index contributed by atoms with van der Waals surface area (Å²) in [6, 6.07) is 12.2. The Bertz CT molecular complexity index is 891. The quantitative estimate of drug-likeness (QED) is 0.789. The molecule has 0 aromatic heterocycles. The van der Waals surface area contributed by atoms with Crippen molar-refractivity contribution in [3.05, 3.63) is 66.2 Å². The zero-order valence-corrected chi connectivity index (χ0v) is 15.8. The summed E-state index contributed by atoms with van der Waals surface area (Å²) in [6.07, 6.45) is 1.30. The highest BCUT2D eigenvalue weighted by Gasteiger charge is 2.29. The van der Waals surface area contributed by atoms with E-state index in [1.807, 2.05) is 38.2 Å². The summed E-state index contributed by atoms with van der Waals surface area (Å²) >= 11 is 0. The Morgan fingerprint density at radius 2 is 1.96 bits per heavy atom. The van der Waals surface area contributed by atoms with E-state index in [2.05, 4.69) is 11.9 Å². The largest absolute Gasteiger partial charge is 0.486 e. The fraction of sp³-hybridized carbons (Fsp3) is 0.300. The van der Waals surface area contributed by atoms with Gasteiger partial charge >= 0.3 is 0 Å². The van der Waals surface area contributed by atoms with Crippen LogP contribution in [0.1, 0.15) is 16.4 Å². The van der Waals surface area contributed by atoms with Crippen molar-refractivity contribution in [3.63, 3.8) is 0 Å². The van der Waals surface area contributed by atoms with Gasteiger partial charge in [0.15, 0.2) is 21.3 Å². The van der Waals surface area contributed by atoms with E-state index in [4.69, 9.17) is 9.47 Å². The van der Waals surface area contributed by atoms with E-state index in [1.165, 1.54) is 12.1 Å². The second kappa shape index (κ2) is 7.51. The Morgan fingerprint density at radius 3 is 2.62 bits per heavy atom. The van der Waals surface area contributed by atoms with Gasteiger partial charge in [-0.25, -0.2) is 8.42 Å². The van der Waals surface area contributed by atoms with Gasteiger partial charge in [0.2, 0.25) is 0 Å². The van der Waals surface area contributed by atoms with Crippen molar-refractivity contribution in [2.75, 3.05) is 20.2 Å². The van der Waals surface area contributed by atoms with Gasteiger partial charge in [0.25, 0.3) is 0 Å². The fourth-order valence-corrected chi connectivity index (χ4v) is 4.54. The molecule has 6 heteroatoms. The van der Waals surface area contributed by atoms with E-state index in [0.29, 0.717) is 30.2 Å². The third kappa shape index (κ3) is 3.61. The molecular formula is C20H23NO4S. The molecule has 1 aliphatic heterocycles. The predicted octanol–water partition coefficient (Wildman–Crippen LogP) is 3.06. The van der Waals surface area contributed by atoms with Crippen LogP contribution in [0.2, 0.25) is 0 Å². The number of likely N-dealkylation sites (N-methyl/N-ethyl adjacent to an activating group) is 1. The molecule has 1 heterocycles. The first-order valence-corrected chi connectivity index (χ1v) is 10.0. The number of aryl methyl sites for hydroxylation is 1. The van der Waals surface area contributed by atoms with Crippen molar-refractivity contribution in [3.8, 4) is 11.5 Å². The van der Waals surface area contributed by atoms with Crippen molar-refractivity contribution < 1.29 is 17.9 Å². The molecule has 1 aliphatic rings. The van der Waals surface area contributed by atoms with E-state index in [0.717, 1.165) is 5.56 Å². The third-order valence-electron chi connectivity index (χ3n) is 4.35. The molecular weight excluding hydrogens is 350 g/mol. The summed E-state index contributed by atoms with van der Waals surface area (Å²) in [5.41, 5.74) is 1.76. The molecule has 2 aromatic rings. The molecule has 0 saturated heterocycles. The van der Waals surface area contributed by atoms with Crippen molar-refractivity contribution in [2.45, 2.75) is 23.2 Å². The van der Waals surface area contributed by atoms with Crippen LogP contribution in [-0.2, 0) is 9.84 Å². The molecule has 0 bridgehead atoms. The molecule has 1 N–H and O–H groups in total. The lowest BCUT2D eigenvalue weighted by atomic mass is 10.1. The highest BCUT2D eigenvalue weighted by Crippen LogP contribution is 2.37. The first-order chi connectivity index (χ1) is 12.5. The lowest BCUT2D eigenvalue weighted by molar-refractivity contribution is 0.0915. The summed E-state index contributed by atoms with van der Waals surface area (Å²) in [7, 11) is -1.82. The zero-order valence-electron chi connectivity index (χ0n) is 14.9. The van der Waals surface area contributed by atoms with Gasteiger partial charge in [-0.3, -0.25) is 0 Å². The van der Waals surface area contributed by atoms with E-state index in [1.54, 1.807) is 12.1 Å². The van der Waals surface area contributed by atoms with Crippen LogP contribution in [-0.4, -0.2) is 34.7 Å². The van der Waals surface area contributed by atoms with Gasteiger partial charge in [-0.2, -0.15) is 0 Å². The van der Waals surface area contributed by atoms with Gasteiger partial charge < -0.3 is 14.8 Å². The van der Waals surface area contributed by atoms with Gasteiger partial charge in [-0.15, -0.1) is 6.58 Å². The molecule has 2 aromatic carbocycles. The molecule has 0 amide bonds. The fourth-order valence-electron chi connectivity index (χ4n) is 2.95. The maximum Gasteiger partial charge on any atom is 0.189 e. The molecule has 138 valence electrons. The summed E-state index contributed by atoms with van der Waals surface area (Å²) in [5.74, 6) is 1.01. The van der Waals surface area contributed by atoms with E-state index >= 15 is 0 Å². The lowest BCUT2D eigenvalue weighted by Crippen LogP contribution is -2.37. The first-order valence-electron chi connectivity index (χ1n) is 8.47. The minimum absolute atomic E-state index is 0.155. The van der Waals surface area contributed by atoms with Crippen LogP contribution in [0.25, 0.3) is 0 Å². The van der Waals surface area contributed by atoms with Gasteiger partial charge in [0, 0.05) is 12.6 Å². The van der Waals surface area contributed by atoms with Crippen LogP contribution in [0, 0.1) is 6.92 Å². The number of nitrogens with one attached hydrogen (secondary N) is 1. The van der Waals surface area contributed by atoms with Crippen molar-refractivity contribution in [1.29, 1.82) is 0 Å². The highest BCUT2D eigenvalue weighted by atomic mass is 32.2. The number of fused-ring (bicyclic) bond motifs is 1. The number of ether oxygens (including phenoxy) is 2.